The van der Waals surface area contributed by atoms with Crippen LogP contribution >= 0.6 is 0 Å². The van der Waals surface area contributed by atoms with Gasteiger partial charge in [0.2, 0.25) is 0 Å². The van der Waals surface area contributed by atoms with E-state index in [0.717, 1.165) is 11.3 Å². The van der Waals surface area contributed by atoms with Crippen LogP contribution in [0.2, 0.25) is 0 Å². The van der Waals surface area contributed by atoms with Crippen LogP contribution in [-0.2, 0) is 0 Å². The van der Waals surface area contributed by atoms with Crippen LogP contribution in [0.25, 0.3) is 0 Å². The number of aryl methyl sites for hydroxylation is 1. The number of para-hydroxylation sites is 2. The van der Waals surface area contributed by atoms with Crippen molar-refractivity contribution in [3.63, 3.8) is 0 Å². The molecule has 0 aromatic heterocycles. The summed E-state index contributed by atoms with van der Waals surface area (Å²) in [7, 11) is 0. The molecule has 4 heteroatoms. The fourth-order valence-electron chi connectivity index (χ4n) is 2.35. The standard InChI is InChI=1S/C16H18N2O2/c1-3-18(14-10-5-4-7-11(14)2)15-12(16(19)20)8-6-9-13(15)17/h4-10H,3,17H2,1-2H3,(H,19,20). The van der Waals surface area contributed by atoms with Gasteiger partial charge in [-0.25, -0.2) is 4.79 Å². The van der Waals surface area contributed by atoms with Crippen LogP contribution in [-0.4, -0.2) is 17.6 Å². The normalized spacial score (nSPS) is 10.3. The van der Waals surface area contributed by atoms with Crippen molar-refractivity contribution in [3.05, 3.63) is 53.6 Å². The number of rotatable bonds is 4. The van der Waals surface area contributed by atoms with Crippen LogP contribution < -0.4 is 10.6 Å². The minimum atomic E-state index is -0.973. The fraction of sp³-hybridized carbons (Fsp3) is 0.188. The monoisotopic (exact) mass is 270 g/mol. The van der Waals surface area contributed by atoms with E-state index in [1.54, 1.807) is 18.2 Å². The number of carboxylic acid groups (broad SMARTS) is 1. The van der Waals surface area contributed by atoms with Crippen LogP contribution in [0.15, 0.2) is 42.5 Å². The third-order valence-corrected chi connectivity index (χ3v) is 3.29. The van der Waals surface area contributed by atoms with E-state index in [4.69, 9.17) is 5.73 Å². The van der Waals surface area contributed by atoms with Gasteiger partial charge in [-0.1, -0.05) is 24.3 Å². The van der Waals surface area contributed by atoms with E-state index in [9.17, 15) is 9.90 Å². The van der Waals surface area contributed by atoms with Crippen molar-refractivity contribution in [2.24, 2.45) is 0 Å². The lowest BCUT2D eigenvalue weighted by Gasteiger charge is -2.27. The second kappa shape index (κ2) is 5.65. The molecule has 0 saturated heterocycles. The summed E-state index contributed by atoms with van der Waals surface area (Å²) in [6.07, 6.45) is 0. The molecule has 0 aliphatic heterocycles. The number of hydrogen-bond acceptors (Lipinski definition) is 3. The maximum Gasteiger partial charge on any atom is 0.337 e. The Morgan fingerprint density at radius 3 is 2.50 bits per heavy atom. The van der Waals surface area contributed by atoms with Gasteiger partial charge in [0.1, 0.15) is 0 Å². The summed E-state index contributed by atoms with van der Waals surface area (Å²) in [5.41, 5.74) is 9.30. The van der Waals surface area contributed by atoms with Crippen molar-refractivity contribution in [3.8, 4) is 0 Å². The van der Waals surface area contributed by atoms with E-state index in [0.29, 0.717) is 17.9 Å². The summed E-state index contributed by atoms with van der Waals surface area (Å²) in [4.78, 5) is 13.4. The molecule has 0 unspecified atom stereocenters. The number of benzene rings is 2. The highest BCUT2D eigenvalue weighted by Crippen LogP contribution is 2.35. The van der Waals surface area contributed by atoms with Gasteiger partial charge in [-0.05, 0) is 37.6 Å². The number of anilines is 3. The SMILES string of the molecule is CCN(c1ccccc1C)c1c(N)cccc1C(=O)O. The first-order valence-corrected chi connectivity index (χ1v) is 6.51. The van der Waals surface area contributed by atoms with Gasteiger partial charge in [-0.2, -0.15) is 0 Å². The molecular formula is C16H18N2O2. The Labute approximate surface area is 118 Å². The van der Waals surface area contributed by atoms with Gasteiger partial charge in [0.25, 0.3) is 0 Å². The highest BCUT2D eigenvalue weighted by atomic mass is 16.4. The summed E-state index contributed by atoms with van der Waals surface area (Å²) in [6.45, 7) is 4.61. The lowest BCUT2D eigenvalue weighted by molar-refractivity contribution is 0.0697. The number of nitrogen functional groups attached to an aromatic ring is 1. The maximum atomic E-state index is 11.4. The summed E-state index contributed by atoms with van der Waals surface area (Å²) < 4.78 is 0. The average Bonchev–Trinajstić information content (AvgIpc) is 2.43. The number of carboxylic acids is 1. The molecule has 0 atom stereocenters. The Morgan fingerprint density at radius 2 is 1.90 bits per heavy atom. The molecule has 0 bridgehead atoms. The molecule has 2 aromatic rings. The zero-order valence-electron chi connectivity index (χ0n) is 11.6. The fourth-order valence-corrected chi connectivity index (χ4v) is 2.35. The zero-order valence-corrected chi connectivity index (χ0v) is 11.6. The van der Waals surface area contributed by atoms with E-state index >= 15 is 0 Å². The molecule has 0 saturated carbocycles. The van der Waals surface area contributed by atoms with Gasteiger partial charge in [-0.3, -0.25) is 0 Å². The van der Waals surface area contributed by atoms with Crippen LogP contribution in [0.5, 0.6) is 0 Å². The van der Waals surface area contributed by atoms with E-state index < -0.39 is 5.97 Å². The van der Waals surface area contributed by atoms with E-state index in [1.165, 1.54) is 0 Å². The van der Waals surface area contributed by atoms with Crippen LogP contribution in [0.3, 0.4) is 0 Å². The molecule has 0 radical (unpaired) electrons. The lowest BCUT2D eigenvalue weighted by atomic mass is 10.1. The van der Waals surface area contributed by atoms with Gasteiger partial charge < -0.3 is 15.7 Å². The predicted octanol–water partition coefficient (Wildman–Crippen LogP) is 3.43. The molecule has 0 heterocycles. The summed E-state index contributed by atoms with van der Waals surface area (Å²) in [5.74, 6) is -0.973. The molecule has 0 spiro atoms. The van der Waals surface area contributed by atoms with Crippen molar-refractivity contribution >= 4 is 23.0 Å². The van der Waals surface area contributed by atoms with Gasteiger partial charge in [0.05, 0.1) is 16.9 Å². The highest BCUT2D eigenvalue weighted by Gasteiger charge is 2.19. The van der Waals surface area contributed by atoms with Gasteiger partial charge in [0.15, 0.2) is 0 Å². The Hall–Kier alpha value is -2.49. The average molecular weight is 270 g/mol. The van der Waals surface area contributed by atoms with Crippen LogP contribution in [0.1, 0.15) is 22.8 Å². The molecular weight excluding hydrogens is 252 g/mol. The first-order valence-electron chi connectivity index (χ1n) is 6.51. The first-order chi connectivity index (χ1) is 9.56. The topological polar surface area (TPSA) is 66.6 Å². The second-order valence-corrected chi connectivity index (χ2v) is 4.58. The van der Waals surface area contributed by atoms with Gasteiger partial charge >= 0.3 is 5.97 Å². The second-order valence-electron chi connectivity index (χ2n) is 4.58. The largest absolute Gasteiger partial charge is 0.478 e. The van der Waals surface area contributed by atoms with Crippen LogP contribution in [0, 0.1) is 6.92 Å². The Kier molecular flexibility index (Phi) is 3.94. The number of nitrogens with two attached hydrogens (primary N) is 1. The maximum absolute atomic E-state index is 11.4. The van der Waals surface area contributed by atoms with Crippen molar-refractivity contribution in [2.75, 3.05) is 17.2 Å². The summed E-state index contributed by atoms with van der Waals surface area (Å²) in [6, 6.07) is 12.8. The van der Waals surface area contributed by atoms with E-state index in [1.807, 2.05) is 43.0 Å². The minimum Gasteiger partial charge on any atom is -0.478 e. The summed E-state index contributed by atoms with van der Waals surface area (Å²) >= 11 is 0. The number of nitrogens with zero attached hydrogens (tertiary/aromatic N) is 1. The third kappa shape index (κ3) is 2.45. The Bertz CT molecular complexity index is 638. The Morgan fingerprint density at radius 1 is 1.20 bits per heavy atom. The number of hydrogen-bond donors (Lipinski definition) is 2. The number of carbonyl (C=O) groups is 1. The molecule has 0 amide bonds. The first kappa shape index (κ1) is 13.9. The van der Waals surface area contributed by atoms with E-state index in [-0.39, 0.29) is 5.56 Å². The van der Waals surface area contributed by atoms with Gasteiger partial charge in [-0.15, -0.1) is 0 Å². The molecule has 20 heavy (non-hydrogen) atoms. The minimum absolute atomic E-state index is 0.218. The molecule has 0 aliphatic rings. The molecule has 0 aliphatic carbocycles. The van der Waals surface area contributed by atoms with Crippen LogP contribution in [0.4, 0.5) is 17.1 Å². The van der Waals surface area contributed by atoms with E-state index in [2.05, 4.69) is 0 Å². The molecule has 4 nitrogen and oxygen atoms in total. The smallest absolute Gasteiger partial charge is 0.337 e. The van der Waals surface area contributed by atoms with Crippen molar-refractivity contribution in [2.45, 2.75) is 13.8 Å². The Balaban J connectivity index is 2.64. The van der Waals surface area contributed by atoms with Crippen molar-refractivity contribution in [1.29, 1.82) is 0 Å². The summed E-state index contributed by atoms with van der Waals surface area (Å²) in [5, 5.41) is 9.37. The lowest BCUT2D eigenvalue weighted by Crippen LogP contribution is -2.21. The molecule has 2 aromatic carbocycles. The molecule has 104 valence electrons. The zero-order chi connectivity index (χ0) is 14.7. The predicted molar refractivity (Wildman–Crippen MR) is 81.7 cm³/mol. The molecule has 2 rings (SSSR count). The van der Waals surface area contributed by atoms with Gasteiger partial charge in [0, 0.05) is 12.2 Å². The quantitative estimate of drug-likeness (QED) is 0.835. The highest BCUT2D eigenvalue weighted by molar-refractivity contribution is 5.99. The van der Waals surface area contributed by atoms with Crippen molar-refractivity contribution < 1.29 is 9.90 Å². The third-order valence-electron chi connectivity index (χ3n) is 3.29. The van der Waals surface area contributed by atoms with Crippen molar-refractivity contribution in [1.82, 2.24) is 0 Å². The molecule has 3 N–H and O–H groups in total. The number of aromatic carboxylic acids is 1. The molecule has 0 fully saturated rings.